The molecule has 5 nitrogen and oxygen atoms in total. The first-order chi connectivity index (χ1) is 14.9. The van der Waals surface area contributed by atoms with E-state index in [1.807, 2.05) is 35.9 Å². The maximum Gasteiger partial charge on any atom is 0.220 e. The van der Waals surface area contributed by atoms with Gasteiger partial charge in [-0.05, 0) is 75.8 Å². The second kappa shape index (κ2) is 10.3. The third kappa shape index (κ3) is 5.75. The molecule has 2 aromatic carbocycles. The number of methoxy groups -OCH3 is 1. The Balaban J connectivity index is 1.51. The molecule has 0 bridgehead atoms. The zero-order valence-corrected chi connectivity index (χ0v) is 19.3. The zero-order valence-electron chi connectivity index (χ0n) is 19.3. The lowest BCUT2D eigenvalue weighted by Gasteiger charge is -2.09. The first kappa shape index (κ1) is 22.6. The maximum atomic E-state index is 12.4. The van der Waals surface area contributed by atoms with E-state index in [0.29, 0.717) is 19.4 Å². The van der Waals surface area contributed by atoms with Crippen molar-refractivity contribution < 1.29 is 9.53 Å². The van der Waals surface area contributed by atoms with Gasteiger partial charge in [0.25, 0.3) is 0 Å². The molecule has 0 saturated carbocycles. The third-order valence-electron chi connectivity index (χ3n) is 5.78. The second-order valence-corrected chi connectivity index (χ2v) is 8.15. The zero-order chi connectivity index (χ0) is 22.4. The Labute approximate surface area is 185 Å². The molecule has 0 spiro atoms. The van der Waals surface area contributed by atoms with E-state index in [0.717, 1.165) is 41.2 Å². The summed E-state index contributed by atoms with van der Waals surface area (Å²) in [7, 11) is 1.66. The number of benzene rings is 2. The number of nitrogens with one attached hydrogen (secondary N) is 1. The first-order valence-corrected chi connectivity index (χ1v) is 10.9. The van der Waals surface area contributed by atoms with Gasteiger partial charge in [0.1, 0.15) is 5.75 Å². The number of amides is 1. The summed E-state index contributed by atoms with van der Waals surface area (Å²) in [4.78, 5) is 12.4. The Morgan fingerprint density at radius 2 is 1.87 bits per heavy atom. The van der Waals surface area contributed by atoms with Crippen molar-refractivity contribution in [1.29, 1.82) is 0 Å². The van der Waals surface area contributed by atoms with Gasteiger partial charge in [0.2, 0.25) is 5.91 Å². The summed E-state index contributed by atoms with van der Waals surface area (Å²) in [6.07, 6.45) is 3.08. The Hall–Kier alpha value is -3.08. The fourth-order valence-electron chi connectivity index (χ4n) is 3.99. The molecule has 0 aliphatic carbocycles. The summed E-state index contributed by atoms with van der Waals surface area (Å²) in [5, 5.41) is 7.75. The van der Waals surface area contributed by atoms with Crippen molar-refractivity contribution in [1.82, 2.24) is 15.1 Å². The van der Waals surface area contributed by atoms with Crippen molar-refractivity contribution >= 4 is 5.91 Å². The number of hydrogen-bond acceptors (Lipinski definition) is 3. The number of ether oxygens (including phenoxy) is 1. The van der Waals surface area contributed by atoms with Crippen molar-refractivity contribution in [2.75, 3.05) is 13.7 Å². The van der Waals surface area contributed by atoms with Crippen molar-refractivity contribution in [2.45, 2.75) is 53.4 Å². The minimum absolute atomic E-state index is 0.0913. The molecule has 31 heavy (non-hydrogen) atoms. The molecular weight excluding hydrogens is 386 g/mol. The number of rotatable bonds is 9. The van der Waals surface area contributed by atoms with Crippen molar-refractivity contribution in [3.05, 3.63) is 76.1 Å². The topological polar surface area (TPSA) is 56.2 Å². The smallest absolute Gasteiger partial charge is 0.220 e. The number of aromatic nitrogens is 2. The molecule has 5 heteroatoms. The summed E-state index contributed by atoms with van der Waals surface area (Å²) in [5.74, 6) is 0.889. The molecule has 0 aliphatic heterocycles. The number of hydrogen-bond donors (Lipinski definition) is 1. The predicted octanol–water partition coefficient (Wildman–Crippen LogP) is 4.80. The molecule has 0 unspecified atom stereocenters. The second-order valence-electron chi connectivity index (χ2n) is 8.15. The normalized spacial score (nSPS) is 10.9. The van der Waals surface area contributed by atoms with E-state index in [2.05, 4.69) is 49.4 Å². The number of nitrogens with zero attached hydrogens (tertiary/aromatic N) is 2. The molecule has 0 atom stereocenters. The van der Waals surface area contributed by atoms with Crippen LogP contribution >= 0.6 is 0 Å². The molecule has 1 amide bonds. The molecule has 0 aliphatic rings. The van der Waals surface area contributed by atoms with Crippen LogP contribution in [0.25, 0.3) is 5.69 Å². The van der Waals surface area contributed by atoms with Gasteiger partial charge in [0.15, 0.2) is 0 Å². The lowest BCUT2D eigenvalue weighted by molar-refractivity contribution is -0.121. The average molecular weight is 420 g/mol. The Morgan fingerprint density at radius 3 is 2.61 bits per heavy atom. The standard InChI is InChI=1S/C26H33N3O2/c1-18-11-12-22(19(2)16-18)8-7-15-27-26(30)14-13-25-20(3)28-29(21(25)4)23-9-6-10-24(17-23)31-5/h6,9-12,16-17H,7-8,13-15H2,1-5H3,(H,27,30). The van der Waals surface area contributed by atoms with Gasteiger partial charge < -0.3 is 10.1 Å². The average Bonchev–Trinajstić information content (AvgIpc) is 3.04. The highest BCUT2D eigenvalue weighted by atomic mass is 16.5. The molecule has 1 aromatic heterocycles. The molecule has 1 heterocycles. The van der Waals surface area contributed by atoms with Crippen LogP contribution in [0.4, 0.5) is 0 Å². The van der Waals surface area contributed by atoms with E-state index in [9.17, 15) is 4.79 Å². The maximum absolute atomic E-state index is 12.4. The molecule has 3 rings (SSSR count). The molecular formula is C26H33N3O2. The van der Waals surface area contributed by atoms with Gasteiger partial charge in [-0.3, -0.25) is 4.79 Å². The number of carbonyl (C=O) groups is 1. The van der Waals surface area contributed by atoms with Crippen LogP contribution in [0, 0.1) is 27.7 Å². The molecule has 0 saturated heterocycles. The molecule has 164 valence electrons. The fraction of sp³-hybridized carbons (Fsp3) is 0.385. The van der Waals surface area contributed by atoms with E-state index in [-0.39, 0.29) is 5.91 Å². The Bertz CT molecular complexity index is 1050. The monoisotopic (exact) mass is 419 g/mol. The summed E-state index contributed by atoms with van der Waals surface area (Å²) < 4.78 is 7.25. The van der Waals surface area contributed by atoms with Crippen LogP contribution in [0.5, 0.6) is 5.75 Å². The largest absolute Gasteiger partial charge is 0.497 e. The number of aryl methyl sites for hydroxylation is 4. The van der Waals surface area contributed by atoms with Crippen LogP contribution < -0.4 is 10.1 Å². The highest BCUT2D eigenvalue weighted by Crippen LogP contribution is 2.22. The van der Waals surface area contributed by atoms with Gasteiger partial charge in [0.05, 0.1) is 18.5 Å². The molecule has 3 aromatic rings. The van der Waals surface area contributed by atoms with Gasteiger partial charge in [-0.15, -0.1) is 0 Å². The van der Waals surface area contributed by atoms with Crippen LogP contribution in [0.15, 0.2) is 42.5 Å². The molecule has 0 radical (unpaired) electrons. The minimum atomic E-state index is 0.0913. The van der Waals surface area contributed by atoms with Crippen molar-refractivity contribution in [3.8, 4) is 11.4 Å². The van der Waals surface area contributed by atoms with Crippen LogP contribution in [0.2, 0.25) is 0 Å². The van der Waals surface area contributed by atoms with Gasteiger partial charge in [-0.25, -0.2) is 4.68 Å². The van der Waals surface area contributed by atoms with Crippen LogP contribution in [-0.4, -0.2) is 29.3 Å². The van der Waals surface area contributed by atoms with E-state index in [1.54, 1.807) is 7.11 Å². The third-order valence-corrected chi connectivity index (χ3v) is 5.78. The van der Waals surface area contributed by atoms with E-state index >= 15 is 0 Å². The fourth-order valence-corrected chi connectivity index (χ4v) is 3.99. The lowest BCUT2D eigenvalue weighted by Crippen LogP contribution is -2.25. The van der Waals surface area contributed by atoms with Crippen LogP contribution in [0.1, 0.15) is 46.5 Å². The summed E-state index contributed by atoms with van der Waals surface area (Å²) in [5.41, 5.74) is 8.09. The Morgan fingerprint density at radius 1 is 1.06 bits per heavy atom. The molecule has 0 fully saturated rings. The highest BCUT2D eigenvalue weighted by Gasteiger charge is 2.14. The van der Waals surface area contributed by atoms with Gasteiger partial charge in [-0.2, -0.15) is 5.10 Å². The van der Waals surface area contributed by atoms with Gasteiger partial charge in [0, 0.05) is 24.7 Å². The van der Waals surface area contributed by atoms with E-state index in [4.69, 9.17) is 4.74 Å². The lowest BCUT2D eigenvalue weighted by atomic mass is 10.0. The van der Waals surface area contributed by atoms with Crippen molar-refractivity contribution in [3.63, 3.8) is 0 Å². The minimum Gasteiger partial charge on any atom is -0.497 e. The Kier molecular flexibility index (Phi) is 7.50. The van der Waals surface area contributed by atoms with E-state index < -0.39 is 0 Å². The SMILES string of the molecule is COc1cccc(-n2nc(C)c(CCC(=O)NCCCc3ccc(C)cc3C)c2C)c1. The van der Waals surface area contributed by atoms with Crippen LogP contribution in [0.3, 0.4) is 0 Å². The van der Waals surface area contributed by atoms with Crippen LogP contribution in [-0.2, 0) is 17.6 Å². The molecule has 1 N–H and O–H groups in total. The summed E-state index contributed by atoms with van der Waals surface area (Å²) in [6.45, 7) is 9.02. The first-order valence-electron chi connectivity index (χ1n) is 10.9. The highest BCUT2D eigenvalue weighted by molar-refractivity contribution is 5.76. The summed E-state index contributed by atoms with van der Waals surface area (Å²) >= 11 is 0. The van der Waals surface area contributed by atoms with Gasteiger partial charge in [-0.1, -0.05) is 29.8 Å². The van der Waals surface area contributed by atoms with Gasteiger partial charge >= 0.3 is 0 Å². The quantitative estimate of drug-likeness (QED) is 0.507. The predicted molar refractivity (Wildman–Crippen MR) is 125 cm³/mol. The van der Waals surface area contributed by atoms with E-state index in [1.165, 1.54) is 16.7 Å². The van der Waals surface area contributed by atoms with Crippen molar-refractivity contribution in [2.24, 2.45) is 0 Å². The summed E-state index contributed by atoms with van der Waals surface area (Å²) in [6, 6.07) is 14.4. The number of carbonyl (C=O) groups excluding carboxylic acids is 1.